The van der Waals surface area contributed by atoms with Crippen LogP contribution < -0.4 is 5.32 Å². The third-order valence-electron chi connectivity index (χ3n) is 4.28. The van der Waals surface area contributed by atoms with Crippen molar-refractivity contribution in [2.75, 3.05) is 6.54 Å². The highest BCUT2D eigenvalue weighted by atomic mass is 16.6. The Labute approximate surface area is 139 Å². The second-order valence-electron chi connectivity index (χ2n) is 7.35. The van der Waals surface area contributed by atoms with E-state index >= 15 is 0 Å². The molecule has 0 aliphatic carbocycles. The zero-order valence-corrected chi connectivity index (χ0v) is 15.0. The summed E-state index contributed by atoms with van der Waals surface area (Å²) in [5.74, 6) is 0. The number of rotatable bonds is 4. The van der Waals surface area contributed by atoms with Crippen LogP contribution in [-0.2, 0) is 18.3 Å². The second kappa shape index (κ2) is 7.34. The lowest BCUT2D eigenvalue weighted by atomic mass is 9.97. The molecule has 2 rings (SSSR count). The summed E-state index contributed by atoms with van der Waals surface area (Å²) in [4.78, 5) is 14.4. The molecule has 23 heavy (non-hydrogen) atoms. The molecule has 2 heterocycles. The van der Waals surface area contributed by atoms with Gasteiger partial charge in [0, 0.05) is 32.4 Å². The molecule has 1 aromatic rings. The molecule has 1 saturated heterocycles. The monoisotopic (exact) mass is 322 g/mol. The smallest absolute Gasteiger partial charge is 0.410 e. The van der Waals surface area contributed by atoms with Crippen molar-refractivity contribution >= 4 is 6.09 Å². The first kappa shape index (κ1) is 17.8. The molecule has 0 unspecified atom stereocenters. The van der Waals surface area contributed by atoms with E-state index in [4.69, 9.17) is 4.74 Å². The van der Waals surface area contributed by atoms with Crippen molar-refractivity contribution in [1.82, 2.24) is 20.0 Å². The van der Waals surface area contributed by atoms with E-state index in [0.29, 0.717) is 0 Å². The van der Waals surface area contributed by atoms with Crippen LogP contribution in [0.1, 0.15) is 52.7 Å². The van der Waals surface area contributed by atoms with Crippen LogP contribution in [0.15, 0.2) is 12.3 Å². The van der Waals surface area contributed by atoms with E-state index in [1.165, 1.54) is 0 Å². The van der Waals surface area contributed by atoms with Crippen LogP contribution in [-0.4, -0.2) is 45.0 Å². The number of hydrogen-bond donors (Lipinski definition) is 1. The maximum absolute atomic E-state index is 12.5. The van der Waals surface area contributed by atoms with E-state index in [0.717, 1.165) is 38.0 Å². The molecule has 0 spiro atoms. The third kappa shape index (κ3) is 4.96. The molecule has 0 bridgehead atoms. The molecule has 130 valence electrons. The van der Waals surface area contributed by atoms with Gasteiger partial charge in [-0.1, -0.05) is 0 Å². The molecule has 0 radical (unpaired) electrons. The highest BCUT2D eigenvalue weighted by molar-refractivity contribution is 5.68. The van der Waals surface area contributed by atoms with Gasteiger partial charge in [-0.15, -0.1) is 0 Å². The van der Waals surface area contributed by atoms with Crippen LogP contribution >= 0.6 is 0 Å². The number of ether oxygens (including phenoxy) is 1. The Morgan fingerprint density at radius 3 is 2.83 bits per heavy atom. The summed E-state index contributed by atoms with van der Waals surface area (Å²) in [6.45, 7) is 9.40. The van der Waals surface area contributed by atoms with Gasteiger partial charge in [0.25, 0.3) is 0 Å². The molecular formula is C17H30N4O2. The summed E-state index contributed by atoms with van der Waals surface area (Å²) in [5.41, 5.74) is 0.682. The molecule has 1 aromatic heterocycles. The Morgan fingerprint density at radius 1 is 1.48 bits per heavy atom. The molecule has 1 fully saturated rings. The number of carbonyl (C=O) groups is 1. The minimum atomic E-state index is -0.454. The lowest BCUT2D eigenvalue weighted by Crippen LogP contribution is -2.54. The molecule has 1 N–H and O–H groups in total. The third-order valence-corrected chi connectivity index (χ3v) is 4.28. The summed E-state index contributed by atoms with van der Waals surface area (Å²) < 4.78 is 7.44. The number of carbonyl (C=O) groups excluding carboxylic acids is 1. The molecule has 0 saturated carbocycles. The largest absolute Gasteiger partial charge is 0.444 e. The van der Waals surface area contributed by atoms with Gasteiger partial charge < -0.3 is 15.0 Å². The fraction of sp³-hybridized carbons (Fsp3) is 0.765. The average Bonchev–Trinajstić information content (AvgIpc) is 2.88. The van der Waals surface area contributed by atoms with Gasteiger partial charge in [-0.3, -0.25) is 4.68 Å². The predicted octanol–water partition coefficient (Wildman–Crippen LogP) is 2.69. The highest BCUT2D eigenvalue weighted by Gasteiger charge is 2.33. The first-order chi connectivity index (χ1) is 10.8. The number of piperidine rings is 1. The van der Waals surface area contributed by atoms with Gasteiger partial charge in [0.05, 0.1) is 11.7 Å². The molecule has 6 nitrogen and oxygen atoms in total. The molecule has 2 atom stereocenters. The zero-order valence-electron chi connectivity index (χ0n) is 15.0. The number of amides is 1. The molecule has 6 heteroatoms. The number of nitrogens with one attached hydrogen (secondary N) is 1. The van der Waals surface area contributed by atoms with Crippen molar-refractivity contribution in [3.05, 3.63) is 18.0 Å². The Hall–Kier alpha value is -1.56. The van der Waals surface area contributed by atoms with Crippen molar-refractivity contribution in [3.63, 3.8) is 0 Å². The van der Waals surface area contributed by atoms with E-state index in [-0.39, 0.29) is 18.2 Å². The van der Waals surface area contributed by atoms with Crippen molar-refractivity contribution in [3.8, 4) is 0 Å². The fourth-order valence-electron chi connectivity index (χ4n) is 3.00. The normalized spacial score (nSPS) is 20.4. The summed E-state index contributed by atoms with van der Waals surface area (Å²) >= 11 is 0. The summed E-state index contributed by atoms with van der Waals surface area (Å²) in [6.07, 6.45) is 4.82. The van der Waals surface area contributed by atoms with Gasteiger partial charge in [-0.05, 0) is 53.0 Å². The number of likely N-dealkylation sites (tertiary alicyclic amines) is 1. The lowest BCUT2D eigenvalue weighted by molar-refractivity contribution is 0.00550. The van der Waals surface area contributed by atoms with Crippen LogP contribution in [0, 0.1) is 0 Å². The SMILES string of the molecule is C[C@H](NCc1ccnn1C)[C@@H]1CCCCN1C(=O)OC(C)(C)C. The van der Waals surface area contributed by atoms with Gasteiger partial charge in [-0.25, -0.2) is 4.79 Å². The van der Waals surface area contributed by atoms with E-state index in [9.17, 15) is 4.79 Å². The minimum Gasteiger partial charge on any atom is -0.444 e. The average molecular weight is 322 g/mol. The summed E-state index contributed by atoms with van der Waals surface area (Å²) in [5, 5.41) is 7.72. The number of aryl methyl sites for hydroxylation is 1. The van der Waals surface area contributed by atoms with E-state index < -0.39 is 5.60 Å². The molecular weight excluding hydrogens is 292 g/mol. The number of hydrogen-bond acceptors (Lipinski definition) is 4. The molecule has 1 aliphatic heterocycles. The van der Waals surface area contributed by atoms with Crippen molar-refractivity contribution in [2.45, 2.75) is 71.2 Å². The van der Waals surface area contributed by atoms with Gasteiger partial charge in [0.2, 0.25) is 0 Å². The quantitative estimate of drug-likeness (QED) is 0.926. The maximum Gasteiger partial charge on any atom is 0.410 e. The van der Waals surface area contributed by atoms with E-state index in [1.54, 1.807) is 6.20 Å². The molecule has 1 aliphatic rings. The van der Waals surface area contributed by atoms with Crippen LogP contribution in [0.5, 0.6) is 0 Å². The van der Waals surface area contributed by atoms with Gasteiger partial charge in [0.1, 0.15) is 5.60 Å². The van der Waals surface area contributed by atoms with Crippen molar-refractivity contribution in [1.29, 1.82) is 0 Å². The zero-order chi connectivity index (χ0) is 17.0. The van der Waals surface area contributed by atoms with Gasteiger partial charge >= 0.3 is 6.09 Å². The molecule has 1 amide bonds. The number of aromatic nitrogens is 2. The standard InChI is InChI=1S/C17H30N4O2/c1-13(18-12-14-9-10-19-20(14)5)15-8-6-7-11-21(15)16(22)23-17(2,3)4/h9-10,13,15,18H,6-8,11-12H2,1-5H3/t13-,15-/m0/s1. The van der Waals surface area contributed by atoms with Crippen molar-refractivity contribution < 1.29 is 9.53 Å². The lowest BCUT2D eigenvalue weighted by Gasteiger charge is -2.40. The summed E-state index contributed by atoms with van der Waals surface area (Å²) in [6, 6.07) is 2.39. The Morgan fingerprint density at radius 2 is 2.22 bits per heavy atom. The summed E-state index contributed by atoms with van der Waals surface area (Å²) in [7, 11) is 1.94. The van der Waals surface area contributed by atoms with Gasteiger partial charge in [0.15, 0.2) is 0 Å². The van der Waals surface area contributed by atoms with Crippen LogP contribution in [0.25, 0.3) is 0 Å². The predicted molar refractivity (Wildman–Crippen MR) is 90.1 cm³/mol. The van der Waals surface area contributed by atoms with E-state index in [1.807, 2.05) is 43.5 Å². The Kier molecular flexibility index (Phi) is 5.68. The van der Waals surface area contributed by atoms with Gasteiger partial charge in [-0.2, -0.15) is 5.10 Å². The number of nitrogens with zero attached hydrogens (tertiary/aromatic N) is 3. The first-order valence-electron chi connectivity index (χ1n) is 8.48. The maximum atomic E-state index is 12.5. The van der Waals surface area contributed by atoms with Crippen LogP contribution in [0.4, 0.5) is 4.79 Å². The van der Waals surface area contributed by atoms with E-state index in [2.05, 4.69) is 17.3 Å². The molecule has 0 aromatic carbocycles. The minimum absolute atomic E-state index is 0.173. The Bertz CT molecular complexity index is 521. The highest BCUT2D eigenvalue weighted by Crippen LogP contribution is 2.22. The van der Waals surface area contributed by atoms with Crippen LogP contribution in [0.3, 0.4) is 0 Å². The first-order valence-corrected chi connectivity index (χ1v) is 8.48. The second-order valence-corrected chi connectivity index (χ2v) is 7.35. The van der Waals surface area contributed by atoms with Crippen molar-refractivity contribution in [2.24, 2.45) is 7.05 Å². The Balaban J connectivity index is 1.96. The topological polar surface area (TPSA) is 59.4 Å². The van der Waals surface area contributed by atoms with Crippen LogP contribution in [0.2, 0.25) is 0 Å². The fourth-order valence-corrected chi connectivity index (χ4v) is 3.00.